The Morgan fingerprint density at radius 1 is 1.60 bits per heavy atom. The van der Waals surface area contributed by atoms with Gasteiger partial charge < -0.3 is 9.84 Å². The summed E-state index contributed by atoms with van der Waals surface area (Å²) in [6, 6.07) is 4.17. The quantitative estimate of drug-likeness (QED) is 0.858. The predicted octanol–water partition coefficient (Wildman–Crippen LogP) is 2.77. The van der Waals surface area contributed by atoms with Crippen molar-refractivity contribution in [1.82, 2.24) is 0 Å². The molecule has 1 aliphatic rings. The third-order valence-corrected chi connectivity index (χ3v) is 4.46. The second-order valence-electron chi connectivity index (χ2n) is 4.13. The average molecular weight is 226 g/mol. The van der Waals surface area contributed by atoms with Gasteiger partial charge in [-0.2, -0.15) is 0 Å². The van der Waals surface area contributed by atoms with E-state index in [-0.39, 0.29) is 18.1 Å². The van der Waals surface area contributed by atoms with Crippen molar-refractivity contribution in [3.63, 3.8) is 0 Å². The molecule has 1 saturated heterocycles. The molecule has 0 spiro atoms. The van der Waals surface area contributed by atoms with Crippen molar-refractivity contribution in [1.29, 1.82) is 0 Å². The van der Waals surface area contributed by atoms with Gasteiger partial charge in [0.25, 0.3) is 0 Å². The summed E-state index contributed by atoms with van der Waals surface area (Å²) in [6.07, 6.45) is 1.87. The number of thiophene rings is 1. The Morgan fingerprint density at radius 3 is 2.93 bits per heavy atom. The first-order valence-electron chi connectivity index (χ1n) is 5.60. The summed E-state index contributed by atoms with van der Waals surface area (Å²) in [6.45, 7) is 4.98. The predicted molar refractivity (Wildman–Crippen MR) is 62.2 cm³/mol. The van der Waals surface area contributed by atoms with E-state index in [0.29, 0.717) is 0 Å². The van der Waals surface area contributed by atoms with Gasteiger partial charge in [0.1, 0.15) is 0 Å². The topological polar surface area (TPSA) is 29.5 Å². The van der Waals surface area contributed by atoms with Gasteiger partial charge in [-0.25, -0.2) is 0 Å². The molecule has 1 aromatic rings. The molecule has 1 aromatic heterocycles. The Morgan fingerprint density at radius 2 is 2.40 bits per heavy atom. The molecule has 1 N–H and O–H groups in total. The lowest BCUT2D eigenvalue weighted by Crippen LogP contribution is -2.18. The molecule has 0 amide bonds. The van der Waals surface area contributed by atoms with Crippen LogP contribution in [0, 0.1) is 5.92 Å². The van der Waals surface area contributed by atoms with Crippen LogP contribution in [-0.4, -0.2) is 17.8 Å². The molecule has 84 valence electrons. The maximum atomic E-state index is 10.2. The molecule has 15 heavy (non-hydrogen) atoms. The summed E-state index contributed by atoms with van der Waals surface area (Å²) in [5.41, 5.74) is 0. The number of hydrogen-bond acceptors (Lipinski definition) is 3. The third kappa shape index (κ3) is 2.25. The highest BCUT2D eigenvalue weighted by Crippen LogP contribution is 2.36. The minimum Gasteiger partial charge on any atom is -0.387 e. The summed E-state index contributed by atoms with van der Waals surface area (Å²) in [4.78, 5) is 2.44. The molecule has 0 aliphatic carbocycles. The Labute approximate surface area is 94.9 Å². The molecule has 0 aromatic carbocycles. The van der Waals surface area contributed by atoms with Gasteiger partial charge in [0.05, 0.1) is 12.2 Å². The van der Waals surface area contributed by atoms with E-state index < -0.39 is 0 Å². The fraction of sp³-hybridized carbons (Fsp3) is 0.667. The van der Waals surface area contributed by atoms with E-state index in [2.05, 4.69) is 26.0 Å². The summed E-state index contributed by atoms with van der Waals surface area (Å²) < 4.78 is 5.49. The van der Waals surface area contributed by atoms with Crippen molar-refractivity contribution in [2.75, 3.05) is 6.61 Å². The van der Waals surface area contributed by atoms with E-state index in [1.165, 1.54) is 4.88 Å². The molecule has 2 heterocycles. The van der Waals surface area contributed by atoms with Gasteiger partial charge in [0, 0.05) is 22.3 Å². The lowest BCUT2D eigenvalue weighted by molar-refractivity contribution is 0.0448. The number of ether oxygens (including phenoxy) is 1. The third-order valence-electron chi connectivity index (χ3n) is 3.16. The zero-order valence-electron chi connectivity index (χ0n) is 9.27. The highest BCUT2D eigenvalue weighted by Gasteiger charge is 2.32. The van der Waals surface area contributed by atoms with Gasteiger partial charge in [-0.15, -0.1) is 11.3 Å². The molecule has 3 unspecified atom stereocenters. The van der Waals surface area contributed by atoms with E-state index in [1.54, 1.807) is 11.3 Å². The highest BCUT2D eigenvalue weighted by molar-refractivity contribution is 7.12. The number of rotatable bonds is 3. The Hall–Kier alpha value is -0.380. The largest absolute Gasteiger partial charge is 0.387 e. The molecule has 1 fully saturated rings. The fourth-order valence-electron chi connectivity index (χ4n) is 2.12. The van der Waals surface area contributed by atoms with Gasteiger partial charge in [-0.05, 0) is 31.9 Å². The highest BCUT2D eigenvalue weighted by atomic mass is 32.1. The van der Waals surface area contributed by atoms with E-state index in [9.17, 15) is 5.11 Å². The van der Waals surface area contributed by atoms with Crippen molar-refractivity contribution in [2.24, 2.45) is 5.92 Å². The van der Waals surface area contributed by atoms with Crippen molar-refractivity contribution in [3.8, 4) is 0 Å². The van der Waals surface area contributed by atoms with Crippen LogP contribution in [0.15, 0.2) is 12.1 Å². The number of hydrogen-bond donors (Lipinski definition) is 1. The average Bonchev–Trinajstić information content (AvgIpc) is 2.84. The van der Waals surface area contributed by atoms with E-state index in [4.69, 9.17) is 4.74 Å². The van der Waals surface area contributed by atoms with Crippen molar-refractivity contribution in [3.05, 3.63) is 21.9 Å². The first-order chi connectivity index (χ1) is 7.22. The first-order valence-corrected chi connectivity index (χ1v) is 6.42. The van der Waals surface area contributed by atoms with Crippen LogP contribution in [0.4, 0.5) is 0 Å². The van der Waals surface area contributed by atoms with Gasteiger partial charge in [0.15, 0.2) is 0 Å². The van der Waals surface area contributed by atoms with Gasteiger partial charge in [0.2, 0.25) is 0 Å². The van der Waals surface area contributed by atoms with Crippen molar-refractivity contribution in [2.45, 2.75) is 38.9 Å². The SMILES string of the molecule is CCc1ccc(C(O)C2CCOC2C)s1. The molecule has 1 aliphatic heterocycles. The van der Waals surface area contributed by atoms with Crippen LogP contribution in [0.5, 0.6) is 0 Å². The Bertz CT molecular complexity index is 321. The zero-order valence-corrected chi connectivity index (χ0v) is 10.1. The molecular formula is C12H18O2S. The molecule has 2 rings (SSSR count). The van der Waals surface area contributed by atoms with E-state index in [0.717, 1.165) is 24.3 Å². The Kier molecular flexibility index (Phi) is 3.44. The van der Waals surface area contributed by atoms with Crippen molar-refractivity contribution >= 4 is 11.3 Å². The van der Waals surface area contributed by atoms with Gasteiger partial charge in [-0.3, -0.25) is 0 Å². The second kappa shape index (κ2) is 4.64. The molecule has 2 nitrogen and oxygen atoms in total. The first kappa shape index (κ1) is 11.1. The Balaban J connectivity index is 2.09. The van der Waals surface area contributed by atoms with Gasteiger partial charge >= 0.3 is 0 Å². The monoisotopic (exact) mass is 226 g/mol. The normalized spacial score (nSPS) is 28.2. The van der Waals surface area contributed by atoms with E-state index in [1.807, 2.05) is 0 Å². The molecule has 3 heteroatoms. The summed E-state index contributed by atoms with van der Waals surface area (Å²) in [5.74, 6) is 0.272. The van der Waals surface area contributed by atoms with Crippen molar-refractivity contribution < 1.29 is 9.84 Å². The fourth-order valence-corrected chi connectivity index (χ4v) is 3.13. The minimum atomic E-state index is -0.340. The summed E-state index contributed by atoms with van der Waals surface area (Å²) in [7, 11) is 0. The maximum Gasteiger partial charge on any atom is 0.0935 e. The van der Waals surface area contributed by atoms with Crippen LogP contribution in [0.1, 0.15) is 36.1 Å². The minimum absolute atomic E-state index is 0.187. The van der Waals surface area contributed by atoms with Crippen LogP contribution in [0.3, 0.4) is 0 Å². The zero-order chi connectivity index (χ0) is 10.8. The van der Waals surface area contributed by atoms with Crippen LogP contribution < -0.4 is 0 Å². The second-order valence-corrected chi connectivity index (χ2v) is 5.33. The van der Waals surface area contributed by atoms with Crippen LogP contribution >= 0.6 is 11.3 Å². The number of aliphatic hydroxyl groups is 1. The van der Waals surface area contributed by atoms with Gasteiger partial charge in [-0.1, -0.05) is 6.92 Å². The molecule has 0 saturated carbocycles. The number of aryl methyl sites for hydroxylation is 1. The molecule has 0 bridgehead atoms. The lowest BCUT2D eigenvalue weighted by Gasteiger charge is -2.19. The summed E-state index contributed by atoms with van der Waals surface area (Å²) in [5, 5.41) is 10.2. The maximum absolute atomic E-state index is 10.2. The molecule has 3 atom stereocenters. The smallest absolute Gasteiger partial charge is 0.0935 e. The molecule has 0 radical (unpaired) electrons. The number of aliphatic hydroxyl groups excluding tert-OH is 1. The summed E-state index contributed by atoms with van der Waals surface area (Å²) >= 11 is 1.72. The standard InChI is InChI=1S/C12H18O2S/c1-3-9-4-5-11(15-9)12(13)10-6-7-14-8(10)2/h4-5,8,10,12-13H,3,6-7H2,1-2H3. The molecular weight excluding hydrogens is 208 g/mol. The van der Waals surface area contributed by atoms with Crippen LogP contribution in [-0.2, 0) is 11.2 Å². The van der Waals surface area contributed by atoms with Crippen LogP contribution in [0.2, 0.25) is 0 Å². The lowest BCUT2D eigenvalue weighted by atomic mass is 9.95. The van der Waals surface area contributed by atoms with E-state index >= 15 is 0 Å². The van der Waals surface area contributed by atoms with Crippen LogP contribution in [0.25, 0.3) is 0 Å².